The summed E-state index contributed by atoms with van der Waals surface area (Å²) in [6, 6.07) is 8.54. The third-order valence-electron chi connectivity index (χ3n) is 3.22. The molecule has 0 saturated heterocycles. The molecule has 1 unspecified atom stereocenters. The number of nitrogens with two attached hydrogens (primary N) is 1. The van der Waals surface area contributed by atoms with E-state index in [4.69, 9.17) is 17.3 Å². The molecule has 0 amide bonds. The third kappa shape index (κ3) is 2.96. The number of benzene rings is 2. The van der Waals surface area contributed by atoms with Gasteiger partial charge in [-0.25, -0.2) is 4.39 Å². The lowest BCUT2D eigenvalue weighted by Gasteiger charge is -2.17. The van der Waals surface area contributed by atoms with Gasteiger partial charge in [0.25, 0.3) is 0 Å². The van der Waals surface area contributed by atoms with Crippen LogP contribution < -0.4 is 5.73 Å². The predicted octanol–water partition coefficient (Wildman–Crippen LogP) is 4.45. The Labute approximate surface area is 118 Å². The molecule has 0 radical (unpaired) electrons. The summed E-state index contributed by atoms with van der Waals surface area (Å²) in [5, 5.41) is 0.621. The number of hydrogen-bond acceptors (Lipinski definition) is 1. The largest absolute Gasteiger partial charge is 0.320 e. The highest BCUT2D eigenvalue weighted by atomic mass is 35.5. The van der Waals surface area contributed by atoms with Crippen LogP contribution in [-0.4, -0.2) is 0 Å². The van der Waals surface area contributed by atoms with Gasteiger partial charge in [0.2, 0.25) is 0 Å². The van der Waals surface area contributed by atoms with Gasteiger partial charge >= 0.3 is 0 Å². The van der Waals surface area contributed by atoms with Crippen molar-refractivity contribution in [2.45, 2.75) is 26.8 Å². The molecule has 100 valence electrons. The summed E-state index contributed by atoms with van der Waals surface area (Å²) < 4.78 is 14.1. The SMILES string of the molecule is Cc1cc(Cl)cc(C(N)c2c(C)cc(C)cc2F)c1. The fourth-order valence-corrected chi connectivity index (χ4v) is 2.73. The van der Waals surface area contributed by atoms with Gasteiger partial charge in [-0.1, -0.05) is 23.7 Å². The van der Waals surface area contributed by atoms with Crippen molar-refractivity contribution in [1.29, 1.82) is 0 Å². The van der Waals surface area contributed by atoms with Crippen LogP contribution in [0.3, 0.4) is 0 Å². The van der Waals surface area contributed by atoms with Gasteiger partial charge in [-0.2, -0.15) is 0 Å². The first-order valence-electron chi connectivity index (χ1n) is 6.18. The van der Waals surface area contributed by atoms with Gasteiger partial charge in [0.05, 0.1) is 6.04 Å². The van der Waals surface area contributed by atoms with E-state index in [0.717, 1.165) is 22.3 Å². The van der Waals surface area contributed by atoms with E-state index in [-0.39, 0.29) is 5.82 Å². The maximum absolute atomic E-state index is 14.1. The first kappa shape index (κ1) is 14.0. The molecule has 2 N–H and O–H groups in total. The molecule has 0 saturated carbocycles. The molecule has 0 aliphatic carbocycles. The normalized spacial score (nSPS) is 12.5. The zero-order valence-electron chi connectivity index (χ0n) is 11.3. The number of aryl methyl sites for hydroxylation is 3. The Balaban J connectivity index is 2.52. The Morgan fingerprint density at radius 3 is 2.21 bits per heavy atom. The first-order chi connectivity index (χ1) is 8.88. The van der Waals surface area contributed by atoms with E-state index in [1.807, 2.05) is 39.0 Å². The fourth-order valence-electron chi connectivity index (χ4n) is 2.43. The molecule has 0 fully saturated rings. The number of halogens is 2. The topological polar surface area (TPSA) is 26.0 Å². The minimum Gasteiger partial charge on any atom is -0.320 e. The van der Waals surface area contributed by atoms with Gasteiger partial charge in [0, 0.05) is 10.6 Å². The van der Waals surface area contributed by atoms with Crippen LogP contribution in [0.4, 0.5) is 4.39 Å². The van der Waals surface area contributed by atoms with E-state index in [2.05, 4.69) is 0 Å². The minimum atomic E-state index is -0.502. The lowest BCUT2D eigenvalue weighted by molar-refractivity contribution is 0.596. The molecule has 1 atom stereocenters. The lowest BCUT2D eigenvalue weighted by atomic mass is 9.93. The Morgan fingerprint density at radius 1 is 1.00 bits per heavy atom. The van der Waals surface area contributed by atoms with Crippen LogP contribution in [0.25, 0.3) is 0 Å². The van der Waals surface area contributed by atoms with Crippen LogP contribution in [0.1, 0.15) is 33.9 Å². The fraction of sp³-hybridized carbons (Fsp3) is 0.250. The van der Waals surface area contributed by atoms with Gasteiger partial charge in [-0.3, -0.25) is 0 Å². The second-order valence-corrected chi connectivity index (χ2v) is 5.45. The van der Waals surface area contributed by atoms with Crippen molar-refractivity contribution >= 4 is 11.6 Å². The third-order valence-corrected chi connectivity index (χ3v) is 3.43. The van der Waals surface area contributed by atoms with E-state index < -0.39 is 6.04 Å². The molecular weight excluding hydrogens is 261 g/mol. The minimum absolute atomic E-state index is 0.261. The van der Waals surface area contributed by atoms with Crippen LogP contribution in [-0.2, 0) is 0 Å². The van der Waals surface area contributed by atoms with Gasteiger partial charge in [-0.15, -0.1) is 0 Å². The summed E-state index contributed by atoms with van der Waals surface area (Å²) in [4.78, 5) is 0. The Morgan fingerprint density at radius 2 is 1.63 bits per heavy atom. The summed E-state index contributed by atoms with van der Waals surface area (Å²) in [5.41, 5.74) is 10.3. The Bertz CT molecular complexity index is 579. The van der Waals surface area contributed by atoms with Crippen LogP contribution >= 0.6 is 11.6 Å². The highest BCUT2D eigenvalue weighted by molar-refractivity contribution is 6.30. The van der Waals surface area contributed by atoms with E-state index in [9.17, 15) is 4.39 Å². The summed E-state index contributed by atoms with van der Waals surface area (Å²) in [5.74, 6) is -0.261. The molecular formula is C16H17ClFN. The number of rotatable bonds is 2. The van der Waals surface area contributed by atoms with E-state index in [1.54, 1.807) is 6.07 Å². The Hall–Kier alpha value is -1.38. The quantitative estimate of drug-likeness (QED) is 0.862. The van der Waals surface area contributed by atoms with E-state index in [1.165, 1.54) is 6.07 Å². The van der Waals surface area contributed by atoms with Crippen LogP contribution in [0.5, 0.6) is 0 Å². The molecule has 0 aromatic heterocycles. The zero-order chi connectivity index (χ0) is 14.2. The van der Waals surface area contributed by atoms with Crippen LogP contribution in [0, 0.1) is 26.6 Å². The van der Waals surface area contributed by atoms with Crippen molar-refractivity contribution in [2.24, 2.45) is 5.73 Å². The second kappa shape index (κ2) is 5.32. The van der Waals surface area contributed by atoms with Crippen molar-refractivity contribution in [2.75, 3.05) is 0 Å². The van der Waals surface area contributed by atoms with E-state index in [0.29, 0.717) is 10.6 Å². The molecule has 0 aliphatic rings. The average molecular weight is 278 g/mol. The lowest BCUT2D eigenvalue weighted by Crippen LogP contribution is -2.15. The maximum Gasteiger partial charge on any atom is 0.128 e. The van der Waals surface area contributed by atoms with Gasteiger partial charge in [0.1, 0.15) is 5.82 Å². The van der Waals surface area contributed by atoms with Crippen molar-refractivity contribution in [3.63, 3.8) is 0 Å². The predicted molar refractivity (Wildman–Crippen MR) is 78.1 cm³/mol. The zero-order valence-corrected chi connectivity index (χ0v) is 12.1. The molecule has 2 aromatic carbocycles. The molecule has 1 nitrogen and oxygen atoms in total. The summed E-state index contributed by atoms with van der Waals surface area (Å²) in [6.45, 7) is 5.69. The van der Waals surface area contributed by atoms with Gasteiger partial charge in [0.15, 0.2) is 0 Å². The standard InChI is InChI=1S/C16H17ClFN/c1-9-4-11(3)15(14(18)7-9)16(19)12-5-10(2)6-13(17)8-12/h4-8,16H,19H2,1-3H3. The smallest absolute Gasteiger partial charge is 0.128 e. The van der Waals surface area contributed by atoms with Gasteiger partial charge < -0.3 is 5.73 Å². The molecule has 0 bridgehead atoms. The molecule has 2 rings (SSSR count). The molecule has 2 aromatic rings. The van der Waals surface area contributed by atoms with Crippen LogP contribution in [0.15, 0.2) is 30.3 Å². The Kier molecular flexibility index (Phi) is 3.93. The van der Waals surface area contributed by atoms with Crippen molar-refractivity contribution < 1.29 is 4.39 Å². The van der Waals surface area contributed by atoms with E-state index >= 15 is 0 Å². The summed E-state index contributed by atoms with van der Waals surface area (Å²) in [7, 11) is 0. The molecule has 0 heterocycles. The maximum atomic E-state index is 14.1. The monoisotopic (exact) mass is 277 g/mol. The average Bonchev–Trinajstić information content (AvgIpc) is 2.25. The van der Waals surface area contributed by atoms with Gasteiger partial charge in [-0.05, 0) is 61.2 Å². The highest BCUT2D eigenvalue weighted by Crippen LogP contribution is 2.28. The van der Waals surface area contributed by atoms with Crippen molar-refractivity contribution in [3.8, 4) is 0 Å². The number of hydrogen-bond donors (Lipinski definition) is 1. The summed E-state index contributed by atoms with van der Waals surface area (Å²) >= 11 is 6.04. The second-order valence-electron chi connectivity index (χ2n) is 5.02. The highest BCUT2D eigenvalue weighted by Gasteiger charge is 2.17. The molecule has 0 aliphatic heterocycles. The molecule has 0 spiro atoms. The molecule has 3 heteroatoms. The molecule has 19 heavy (non-hydrogen) atoms. The summed E-state index contributed by atoms with van der Waals surface area (Å²) in [6.07, 6.45) is 0. The van der Waals surface area contributed by atoms with Crippen molar-refractivity contribution in [3.05, 3.63) is 69.0 Å². The first-order valence-corrected chi connectivity index (χ1v) is 6.55. The van der Waals surface area contributed by atoms with Crippen molar-refractivity contribution in [1.82, 2.24) is 0 Å². The van der Waals surface area contributed by atoms with Crippen LogP contribution in [0.2, 0.25) is 5.02 Å².